The van der Waals surface area contributed by atoms with E-state index in [0.717, 1.165) is 37.2 Å². The number of piperidine rings is 1. The zero-order chi connectivity index (χ0) is 28.8. The summed E-state index contributed by atoms with van der Waals surface area (Å²) in [5.74, 6) is -0.580. The number of aromatic nitrogens is 2. The Hall–Kier alpha value is -3.54. The quantitative estimate of drug-likeness (QED) is 0.275. The van der Waals surface area contributed by atoms with Crippen LogP contribution in [0.25, 0.3) is 0 Å². The number of nitrogens with zero attached hydrogens (tertiary/aromatic N) is 3. The van der Waals surface area contributed by atoms with Gasteiger partial charge in [-0.1, -0.05) is 51.1 Å². The molecule has 4 rings (SSSR count). The summed E-state index contributed by atoms with van der Waals surface area (Å²) >= 11 is 0. The van der Waals surface area contributed by atoms with Gasteiger partial charge in [0.25, 0.3) is 0 Å². The number of rotatable bonds is 11. The summed E-state index contributed by atoms with van der Waals surface area (Å²) in [6.45, 7) is 7.28. The molecule has 11 heteroatoms. The molecule has 0 bridgehead atoms. The van der Waals surface area contributed by atoms with E-state index in [1.165, 1.54) is 12.1 Å². The summed E-state index contributed by atoms with van der Waals surface area (Å²) < 4.78 is 28.7. The second-order valence-corrected chi connectivity index (χ2v) is 12.8. The lowest BCUT2D eigenvalue weighted by molar-refractivity contribution is -0.148. The smallest absolute Gasteiger partial charge is 0.326 e. The number of carbonyl (C=O) groups is 1. The molecule has 40 heavy (non-hydrogen) atoms. The monoisotopic (exact) mass is 566 g/mol. The lowest BCUT2D eigenvalue weighted by Crippen LogP contribution is -2.66. The molecular weight excluding hydrogens is 528 g/mol. The molecule has 1 atom stereocenters. The average Bonchev–Trinajstić information content (AvgIpc) is 2.93. The zero-order valence-corrected chi connectivity index (χ0v) is 24.0. The van der Waals surface area contributed by atoms with E-state index in [9.17, 15) is 18.3 Å². The molecule has 214 valence electrons. The van der Waals surface area contributed by atoms with Gasteiger partial charge in [0.05, 0.1) is 4.90 Å². The molecule has 10 nitrogen and oxygen atoms in total. The molecule has 1 aliphatic heterocycles. The fourth-order valence-corrected chi connectivity index (χ4v) is 6.40. The molecule has 0 radical (unpaired) electrons. The summed E-state index contributed by atoms with van der Waals surface area (Å²) in [6.07, 6.45) is 5.42. The lowest BCUT2D eigenvalue weighted by Gasteiger charge is -2.41. The van der Waals surface area contributed by atoms with Crippen molar-refractivity contribution < 1.29 is 18.3 Å². The Labute approximate surface area is 236 Å². The number of sulfonamides is 1. The average molecular weight is 567 g/mol. The molecular formula is C29H38N6O4S. The van der Waals surface area contributed by atoms with E-state index < -0.39 is 26.9 Å². The van der Waals surface area contributed by atoms with Gasteiger partial charge in [-0.15, -0.1) is 0 Å². The maximum Gasteiger partial charge on any atom is 0.326 e. The molecule has 1 saturated heterocycles. The van der Waals surface area contributed by atoms with Gasteiger partial charge in [0.1, 0.15) is 5.54 Å². The van der Waals surface area contributed by atoms with Crippen LogP contribution < -0.4 is 20.3 Å². The number of carboxylic acids is 1. The van der Waals surface area contributed by atoms with Gasteiger partial charge in [-0.2, -0.15) is 4.72 Å². The van der Waals surface area contributed by atoms with Crippen molar-refractivity contribution >= 4 is 27.6 Å². The number of hydrogen-bond donors (Lipinski definition) is 4. The van der Waals surface area contributed by atoms with Crippen LogP contribution in [0.4, 0.5) is 11.6 Å². The van der Waals surface area contributed by atoms with Gasteiger partial charge in [-0.05, 0) is 54.2 Å². The Morgan fingerprint density at radius 3 is 2.17 bits per heavy atom. The first-order valence-corrected chi connectivity index (χ1v) is 14.9. The molecule has 4 N–H and O–H groups in total. The molecule has 0 saturated carbocycles. The minimum Gasteiger partial charge on any atom is -0.480 e. The Kier molecular flexibility index (Phi) is 9.07. The van der Waals surface area contributed by atoms with Gasteiger partial charge in [-0.3, -0.25) is 4.79 Å². The van der Waals surface area contributed by atoms with Crippen molar-refractivity contribution in [3.05, 3.63) is 78.6 Å². The van der Waals surface area contributed by atoms with Crippen LogP contribution in [0.1, 0.15) is 39.2 Å². The van der Waals surface area contributed by atoms with Crippen molar-refractivity contribution in [2.45, 2.75) is 56.6 Å². The Morgan fingerprint density at radius 2 is 1.60 bits per heavy atom. The van der Waals surface area contributed by atoms with Gasteiger partial charge in [0.15, 0.2) is 0 Å². The van der Waals surface area contributed by atoms with Crippen LogP contribution in [0, 0.1) is 5.41 Å². The SMILES string of the molecule is CC(C)(C)[C@](CNCc1ccc(N2CCC(Nc3ncccn3)CC2)cc1)(NS(=O)(=O)c1ccccc1)C(=O)O. The van der Waals surface area contributed by atoms with Gasteiger partial charge >= 0.3 is 5.97 Å². The van der Waals surface area contributed by atoms with Crippen molar-refractivity contribution in [3.8, 4) is 0 Å². The van der Waals surface area contributed by atoms with Gasteiger partial charge in [0.2, 0.25) is 16.0 Å². The van der Waals surface area contributed by atoms with Crippen LogP contribution in [0.5, 0.6) is 0 Å². The Bertz CT molecular complexity index is 1360. The van der Waals surface area contributed by atoms with Crippen molar-refractivity contribution in [2.24, 2.45) is 5.41 Å². The van der Waals surface area contributed by atoms with Crippen LogP contribution in [0.3, 0.4) is 0 Å². The minimum atomic E-state index is -4.07. The van der Waals surface area contributed by atoms with Gasteiger partial charge < -0.3 is 20.6 Å². The Balaban J connectivity index is 1.36. The number of benzene rings is 2. The predicted molar refractivity (Wildman–Crippen MR) is 156 cm³/mol. The highest BCUT2D eigenvalue weighted by atomic mass is 32.2. The topological polar surface area (TPSA) is 137 Å². The first-order chi connectivity index (χ1) is 19.0. The lowest BCUT2D eigenvalue weighted by atomic mass is 9.74. The Morgan fingerprint density at radius 1 is 0.975 bits per heavy atom. The largest absolute Gasteiger partial charge is 0.480 e. The highest BCUT2D eigenvalue weighted by molar-refractivity contribution is 7.89. The molecule has 3 aromatic rings. The van der Waals surface area contributed by atoms with E-state index in [1.54, 1.807) is 57.4 Å². The maximum absolute atomic E-state index is 13.1. The van der Waals surface area contributed by atoms with Crippen molar-refractivity contribution in [3.63, 3.8) is 0 Å². The molecule has 2 aromatic carbocycles. The third kappa shape index (κ3) is 6.96. The van der Waals surface area contributed by atoms with E-state index in [1.807, 2.05) is 12.1 Å². The molecule has 1 aromatic heterocycles. The van der Waals surface area contributed by atoms with Crippen LogP contribution >= 0.6 is 0 Å². The van der Waals surface area contributed by atoms with Crippen molar-refractivity contribution in [2.75, 3.05) is 29.9 Å². The first kappa shape index (κ1) is 29.4. The number of aliphatic carboxylic acids is 1. The molecule has 0 amide bonds. The summed E-state index contributed by atoms with van der Waals surface area (Å²) in [5.41, 5.74) is -0.598. The minimum absolute atomic E-state index is 0.0219. The van der Waals surface area contributed by atoms with E-state index in [0.29, 0.717) is 18.5 Å². The zero-order valence-electron chi connectivity index (χ0n) is 23.2. The fourth-order valence-electron chi connectivity index (χ4n) is 4.84. The van der Waals surface area contributed by atoms with Crippen LogP contribution in [0.2, 0.25) is 0 Å². The van der Waals surface area contributed by atoms with Crippen molar-refractivity contribution in [1.29, 1.82) is 0 Å². The fraction of sp³-hybridized carbons (Fsp3) is 0.414. The summed E-state index contributed by atoms with van der Waals surface area (Å²) in [7, 11) is -4.07. The van der Waals surface area contributed by atoms with Crippen LogP contribution in [0.15, 0.2) is 78.0 Å². The molecule has 2 heterocycles. The number of hydrogen-bond acceptors (Lipinski definition) is 8. The van der Waals surface area contributed by atoms with Gasteiger partial charge in [0, 0.05) is 50.3 Å². The summed E-state index contributed by atoms with van der Waals surface area (Å²) in [5, 5.41) is 16.9. The van der Waals surface area contributed by atoms with Crippen molar-refractivity contribution in [1.82, 2.24) is 20.0 Å². The second-order valence-electron chi connectivity index (χ2n) is 11.1. The third-order valence-corrected chi connectivity index (χ3v) is 8.93. The molecule has 1 fully saturated rings. The van der Waals surface area contributed by atoms with Crippen LogP contribution in [-0.4, -0.2) is 60.7 Å². The molecule has 0 spiro atoms. The highest BCUT2D eigenvalue weighted by Gasteiger charge is 2.51. The summed E-state index contributed by atoms with van der Waals surface area (Å²) in [4.78, 5) is 23.4. The normalized spacial score (nSPS) is 16.3. The standard InChI is InChI=1S/C29H38N6O4S/c1-28(2,3)29(26(36)37,34-40(38,39)25-8-5-4-6-9-25)21-30-20-22-10-12-24(13-11-22)35-18-14-23(15-19-35)33-27-31-16-7-17-32-27/h4-13,16-17,23,30,34H,14-15,18-21H2,1-3H3,(H,36,37)(H,31,32,33)/t29-/m1/s1. The van der Waals surface area contributed by atoms with E-state index in [2.05, 4.69) is 42.4 Å². The molecule has 0 unspecified atom stereocenters. The molecule has 0 aliphatic carbocycles. The first-order valence-electron chi connectivity index (χ1n) is 13.4. The maximum atomic E-state index is 13.1. The van der Waals surface area contributed by atoms with Crippen LogP contribution in [-0.2, 0) is 21.4 Å². The van der Waals surface area contributed by atoms with E-state index in [-0.39, 0.29) is 11.4 Å². The number of anilines is 2. The number of nitrogens with one attached hydrogen (secondary N) is 3. The molecule has 1 aliphatic rings. The van der Waals surface area contributed by atoms with E-state index in [4.69, 9.17) is 0 Å². The highest BCUT2D eigenvalue weighted by Crippen LogP contribution is 2.32. The number of carboxylic acid groups (broad SMARTS) is 1. The second kappa shape index (κ2) is 12.3. The summed E-state index contributed by atoms with van der Waals surface area (Å²) in [6, 6.07) is 18.1. The van der Waals surface area contributed by atoms with E-state index >= 15 is 0 Å². The third-order valence-electron chi connectivity index (χ3n) is 7.42. The predicted octanol–water partition coefficient (Wildman–Crippen LogP) is 3.50. The van der Waals surface area contributed by atoms with Gasteiger partial charge in [-0.25, -0.2) is 18.4 Å².